The highest BCUT2D eigenvalue weighted by Crippen LogP contribution is 2.34. The molecule has 3 aromatic rings. The Bertz CT molecular complexity index is 1860. The summed E-state index contributed by atoms with van der Waals surface area (Å²) in [6.07, 6.45) is -2.30. The van der Waals surface area contributed by atoms with Gasteiger partial charge in [-0.15, -0.1) is 4.91 Å². The van der Waals surface area contributed by atoms with Crippen LogP contribution in [0.15, 0.2) is 46.5 Å². The van der Waals surface area contributed by atoms with Gasteiger partial charge in [0, 0.05) is 38.3 Å². The number of morpholine rings is 1. The molecule has 0 saturated carbocycles. The van der Waals surface area contributed by atoms with Crippen LogP contribution in [0.2, 0.25) is 0 Å². The monoisotopic (exact) mass is 763 g/mol. The van der Waals surface area contributed by atoms with Gasteiger partial charge in [0.25, 0.3) is 11.5 Å². The molecule has 0 aliphatic carbocycles. The van der Waals surface area contributed by atoms with Crippen molar-refractivity contribution in [1.29, 1.82) is 0 Å². The first-order valence-electron chi connectivity index (χ1n) is 17.7. The van der Waals surface area contributed by atoms with Crippen molar-refractivity contribution in [2.45, 2.75) is 91.3 Å². The van der Waals surface area contributed by atoms with Crippen LogP contribution in [0.1, 0.15) is 83.9 Å². The molecule has 54 heavy (non-hydrogen) atoms. The Morgan fingerprint density at radius 2 is 1.61 bits per heavy atom. The summed E-state index contributed by atoms with van der Waals surface area (Å²) in [5, 5.41) is 14.1. The van der Waals surface area contributed by atoms with Crippen LogP contribution in [0.25, 0.3) is 11.1 Å². The smallest absolute Gasteiger partial charge is 0.431 e. The van der Waals surface area contributed by atoms with Crippen LogP contribution in [0, 0.1) is 43.2 Å². The number of hydrogen-bond acceptors (Lipinski definition) is 7. The van der Waals surface area contributed by atoms with Crippen molar-refractivity contribution in [2.75, 3.05) is 26.2 Å². The van der Waals surface area contributed by atoms with Gasteiger partial charge in [-0.05, 0) is 110 Å². The number of rotatable bonds is 13. The van der Waals surface area contributed by atoms with E-state index in [0.717, 1.165) is 37.0 Å². The molecule has 2 fully saturated rings. The highest BCUT2D eigenvalue weighted by molar-refractivity contribution is 5.93. The Morgan fingerprint density at radius 1 is 0.981 bits per heavy atom. The summed E-state index contributed by atoms with van der Waals surface area (Å²) in [7, 11) is 0. The van der Waals surface area contributed by atoms with E-state index in [1.165, 1.54) is 18.2 Å². The molecule has 0 spiro atoms. The number of nitrogens with zero attached hydrogens (tertiary/aromatic N) is 3. The van der Waals surface area contributed by atoms with Crippen molar-refractivity contribution < 1.29 is 41.4 Å². The van der Waals surface area contributed by atoms with Crippen molar-refractivity contribution in [3.63, 3.8) is 0 Å². The number of nitrogens with one attached hydrogen (secondary N) is 2. The van der Waals surface area contributed by atoms with E-state index in [1.54, 1.807) is 26.8 Å². The molecule has 5 rings (SSSR count). The molecule has 2 saturated heterocycles. The van der Waals surface area contributed by atoms with Gasteiger partial charge >= 0.3 is 12.1 Å². The van der Waals surface area contributed by atoms with Gasteiger partial charge in [0.05, 0.1) is 30.0 Å². The standard InChI is InChI=1S/C20H28F3N3O3.C18H18F2N2O3/c1-13(2)7-8-24-18(27)16-5-6-17(20(21,22)23)26(19(16)28)10-9-25-11-14-3-4-15(12-25)29-14;1-9-5-13(19)6-10(2)17(9)12-4-11(3)18(20)14(7-12)15(21-22-25)8-16(23)24/h5-6,13-15H,3-4,7-12H2,1-2H3,(H,24,27);4-7,15H,8H2,1-3H3,(H,21,25)(H,23,24)/t;15-/m.0/s1. The number of carboxylic acid groups (broad SMARTS) is 1. The molecule has 2 bridgehead atoms. The summed E-state index contributed by atoms with van der Waals surface area (Å²) in [5.41, 5.74) is 2.92. The minimum atomic E-state index is -4.67. The Balaban J connectivity index is 0.000000244. The van der Waals surface area contributed by atoms with Crippen molar-refractivity contribution in [1.82, 2.24) is 20.2 Å². The third kappa shape index (κ3) is 10.7. The number of ether oxygens (including phenoxy) is 1. The first-order chi connectivity index (χ1) is 25.4. The number of carboxylic acids is 1. The van der Waals surface area contributed by atoms with E-state index in [2.05, 4.69) is 16.0 Å². The van der Waals surface area contributed by atoms with Crippen LogP contribution in [-0.2, 0) is 22.3 Å². The zero-order chi connectivity index (χ0) is 39.9. The molecular formula is C38H46F5N5O6. The van der Waals surface area contributed by atoms with Crippen molar-refractivity contribution in [3.8, 4) is 11.1 Å². The van der Waals surface area contributed by atoms with E-state index in [1.807, 2.05) is 18.7 Å². The third-order valence-corrected chi connectivity index (χ3v) is 9.51. The second-order valence-corrected chi connectivity index (χ2v) is 14.2. The highest BCUT2D eigenvalue weighted by Gasteiger charge is 2.37. The molecule has 1 aromatic heterocycles. The van der Waals surface area contributed by atoms with E-state index >= 15 is 0 Å². The number of likely N-dealkylation sites (tertiary alicyclic amines) is 1. The van der Waals surface area contributed by atoms with E-state index in [4.69, 9.17) is 9.84 Å². The van der Waals surface area contributed by atoms with Crippen LogP contribution >= 0.6 is 0 Å². The predicted molar refractivity (Wildman–Crippen MR) is 192 cm³/mol. The molecule has 0 radical (unpaired) electrons. The lowest BCUT2D eigenvalue weighted by Gasteiger charge is -2.32. The molecule has 2 aromatic carbocycles. The SMILES string of the molecule is CC(C)CCNC(=O)c1ccc(C(F)(F)F)n(CCN2CC3CCC(C2)O3)c1=O.Cc1cc(-c2c(C)cc(F)cc2C)cc([C@H](CC(=O)O)NN=O)c1F. The van der Waals surface area contributed by atoms with Gasteiger partial charge < -0.3 is 19.7 Å². The number of aromatic nitrogens is 1. The number of halogens is 5. The van der Waals surface area contributed by atoms with Crippen molar-refractivity contribution >= 4 is 11.9 Å². The second-order valence-electron chi connectivity index (χ2n) is 14.2. The van der Waals surface area contributed by atoms with E-state index in [-0.39, 0.29) is 35.7 Å². The Labute approximate surface area is 309 Å². The van der Waals surface area contributed by atoms with Crippen molar-refractivity contribution in [3.05, 3.63) is 96.8 Å². The maximum atomic E-state index is 14.5. The number of nitroso groups, excluding NO2 is 1. The quantitative estimate of drug-likeness (QED) is 0.0976. The third-order valence-electron chi connectivity index (χ3n) is 9.51. The largest absolute Gasteiger partial charge is 0.481 e. The summed E-state index contributed by atoms with van der Waals surface area (Å²) >= 11 is 0. The lowest BCUT2D eigenvalue weighted by Crippen LogP contribution is -2.45. The molecule has 11 nitrogen and oxygen atoms in total. The first kappa shape index (κ1) is 42.0. The topological polar surface area (TPSA) is 142 Å². The number of amides is 1. The van der Waals surface area contributed by atoms with Crippen LogP contribution in [0.5, 0.6) is 0 Å². The molecule has 2 aliphatic heterocycles. The van der Waals surface area contributed by atoms with Gasteiger partial charge in [-0.3, -0.25) is 24.7 Å². The van der Waals surface area contributed by atoms with Gasteiger partial charge in [0.1, 0.15) is 22.9 Å². The Hall–Kier alpha value is -4.70. The molecule has 2 unspecified atom stereocenters. The number of alkyl halides is 3. The molecular weight excluding hydrogens is 717 g/mol. The van der Waals surface area contributed by atoms with Crippen LogP contribution in [0.3, 0.4) is 0 Å². The summed E-state index contributed by atoms with van der Waals surface area (Å²) < 4.78 is 74.9. The fourth-order valence-corrected chi connectivity index (χ4v) is 6.94. The lowest BCUT2D eigenvalue weighted by atomic mass is 9.90. The fraction of sp³-hybridized carbons (Fsp3) is 0.500. The average molecular weight is 764 g/mol. The fourth-order valence-electron chi connectivity index (χ4n) is 6.94. The number of benzene rings is 2. The lowest BCUT2D eigenvalue weighted by molar-refractivity contribution is -0.144. The number of carbonyl (C=O) groups excluding carboxylic acids is 1. The maximum absolute atomic E-state index is 14.5. The van der Waals surface area contributed by atoms with Gasteiger partial charge in [0.15, 0.2) is 0 Å². The van der Waals surface area contributed by atoms with E-state index < -0.39 is 47.6 Å². The average Bonchev–Trinajstić information content (AvgIpc) is 3.41. The predicted octanol–water partition coefficient (Wildman–Crippen LogP) is 6.85. The van der Waals surface area contributed by atoms with Gasteiger partial charge in [-0.2, -0.15) is 13.2 Å². The number of aryl methyl sites for hydroxylation is 3. The Kier molecular flexibility index (Phi) is 14.1. The summed E-state index contributed by atoms with van der Waals surface area (Å²) in [5.74, 6) is -2.44. The minimum Gasteiger partial charge on any atom is -0.481 e. The normalized spacial score (nSPS) is 17.5. The number of hydrogen-bond donors (Lipinski definition) is 3. The number of fused-ring (bicyclic) bond motifs is 2. The second kappa shape index (κ2) is 18.1. The molecule has 2 aliphatic rings. The molecule has 1 amide bonds. The molecule has 3 heterocycles. The van der Waals surface area contributed by atoms with Gasteiger partial charge in [-0.1, -0.05) is 13.8 Å². The zero-order valence-electron chi connectivity index (χ0n) is 30.9. The Morgan fingerprint density at radius 3 is 2.17 bits per heavy atom. The van der Waals surface area contributed by atoms with E-state index in [9.17, 15) is 41.2 Å². The van der Waals surface area contributed by atoms with Crippen molar-refractivity contribution in [2.24, 2.45) is 11.2 Å². The van der Waals surface area contributed by atoms with E-state index in [0.29, 0.717) is 58.9 Å². The molecule has 294 valence electrons. The summed E-state index contributed by atoms with van der Waals surface area (Å²) in [4.78, 5) is 48.7. The van der Waals surface area contributed by atoms with Crippen LogP contribution in [-0.4, -0.2) is 64.8 Å². The first-order valence-corrected chi connectivity index (χ1v) is 17.7. The number of carbonyl (C=O) groups is 2. The molecule has 16 heteroatoms. The van der Waals surface area contributed by atoms with Gasteiger partial charge in [-0.25, -0.2) is 8.78 Å². The maximum Gasteiger partial charge on any atom is 0.431 e. The minimum absolute atomic E-state index is 0.0279. The number of pyridine rings is 1. The zero-order valence-corrected chi connectivity index (χ0v) is 30.9. The van der Waals surface area contributed by atoms with Gasteiger partial charge in [0.2, 0.25) is 0 Å². The van der Waals surface area contributed by atoms with Crippen LogP contribution < -0.4 is 16.3 Å². The molecule has 3 N–H and O–H groups in total. The summed E-state index contributed by atoms with van der Waals surface area (Å²) in [6.45, 7) is 10.9. The highest BCUT2D eigenvalue weighted by atomic mass is 19.4. The summed E-state index contributed by atoms with van der Waals surface area (Å²) in [6, 6.07) is 6.53. The molecule has 3 atom stereocenters. The number of aliphatic carboxylic acids is 1. The van der Waals surface area contributed by atoms with Crippen LogP contribution in [0.4, 0.5) is 22.0 Å².